The van der Waals surface area contributed by atoms with Gasteiger partial charge in [-0.2, -0.15) is 0 Å². The summed E-state index contributed by atoms with van der Waals surface area (Å²) >= 11 is 1.83. The Labute approximate surface area is 197 Å². The van der Waals surface area contributed by atoms with E-state index in [2.05, 4.69) is 115 Å². The average Bonchev–Trinajstić information content (AvgIpc) is 3.29. The summed E-state index contributed by atoms with van der Waals surface area (Å²) in [6.07, 6.45) is 1.98. The molecule has 33 heavy (non-hydrogen) atoms. The summed E-state index contributed by atoms with van der Waals surface area (Å²) in [5.74, 6) is 0. The number of nitrogens with zero attached hydrogens (tertiary/aromatic N) is 1. The Balaban J connectivity index is 1.50. The first-order valence-corrected chi connectivity index (χ1v) is 11.9. The molecule has 6 aromatic rings. The molecule has 156 valence electrons. The second-order valence-corrected chi connectivity index (χ2v) is 9.04. The Morgan fingerprint density at radius 3 is 1.67 bits per heavy atom. The highest BCUT2D eigenvalue weighted by Gasteiger charge is 2.17. The number of thiophene rings is 1. The van der Waals surface area contributed by atoms with Crippen molar-refractivity contribution in [3.63, 3.8) is 0 Å². The molecule has 0 aliphatic carbocycles. The Morgan fingerprint density at radius 1 is 0.424 bits per heavy atom. The summed E-state index contributed by atoms with van der Waals surface area (Å²) in [5.41, 5.74) is 7.08. The van der Waals surface area contributed by atoms with Crippen molar-refractivity contribution in [3.05, 3.63) is 128 Å². The van der Waals surface area contributed by atoms with E-state index in [1.165, 1.54) is 42.8 Å². The minimum Gasteiger partial charge on any atom is -0.255 e. The number of hydrogen-bond donors (Lipinski definition) is 0. The molecule has 2 aromatic heterocycles. The summed E-state index contributed by atoms with van der Waals surface area (Å²) in [6.45, 7) is 0. The lowest BCUT2D eigenvalue weighted by Crippen LogP contribution is -1.83. The van der Waals surface area contributed by atoms with E-state index >= 15 is 0 Å². The van der Waals surface area contributed by atoms with Crippen LogP contribution in [-0.4, -0.2) is 4.98 Å². The third kappa shape index (κ3) is 3.65. The minimum absolute atomic E-state index is 1.01. The highest BCUT2D eigenvalue weighted by molar-refractivity contribution is 7.21. The topological polar surface area (TPSA) is 12.9 Å². The second-order valence-electron chi connectivity index (χ2n) is 8.02. The Hall–Kier alpha value is -4.01. The molecule has 0 saturated heterocycles. The van der Waals surface area contributed by atoms with Gasteiger partial charge in [0.25, 0.3) is 0 Å². The molecule has 2 heteroatoms. The van der Waals surface area contributed by atoms with Crippen LogP contribution in [0, 0.1) is 0 Å². The van der Waals surface area contributed by atoms with Gasteiger partial charge in [0.15, 0.2) is 0 Å². The maximum atomic E-state index is 4.87. The minimum atomic E-state index is 1.01. The standard InChI is InChI=1S/C31H21NS/c1-3-11-22(12-4-1)24-19-20-29(32-21-24)31-28-18-10-9-17-27(28)30(33-31)26-16-8-7-15-25(26)23-13-5-2-6-14-23/h1-21H. The van der Waals surface area contributed by atoms with Crippen molar-refractivity contribution in [2.45, 2.75) is 0 Å². The zero-order valence-corrected chi connectivity index (χ0v) is 18.8. The normalized spacial score (nSPS) is 11.0. The molecule has 0 unspecified atom stereocenters. The van der Waals surface area contributed by atoms with E-state index in [0.717, 1.165) is 11.3 Å². The summed E-state index contributed by atoms with van der Waals surface area (Å²) in [5, 5.41) is 2.52. The molecule has 0 atom stereocenters. The van der Waals surface area contributed by atoms with Gasteiger partial charge >= 0.3 is 0 Å². The largest absolute Gasteiger partial charge is 0.255 e. The third-order valence-corrected chi connectivity index (χ3v) is 7.26. The molecular weight excluding hydrogens is 418 g/mol. The first-order valence-electron chi connectivity index (χ1n) is 11.1. The molecule has 2 heterocycles. The number of aromatic nitrogens is 1. The monoisotopic (exact) mass is 439 g/mol. The van der Waals surface area contributed by atoms with Crippen molar-refractivity contribution in [3.8, 4) is 43.3 Å². The first kappa shape index (κ1) is 19.7. The van der Waals surface area contributed by atoms with Crippen molar-refractivity contribution >= 4 is 22.1 Å². The van der Waals surface area contributed by atoms with Gasteiger partial charge in [-0.25, -0.2) is 0 Å². The fraction of sp³-hybridized carbons (Fsp3) is 0. The van der Waals surface area contributed by atoms with Gasteiger partial charge in [0, 0.05) is 33.0 Å². The molecule has 0 fully saturated rings. The number of pyridine rings is 1. The van der Waals surface area contributed by atoms with Gasteiger partial charge in [-0.3, -0.25) is 4.98 Å². The molecule has 0 saturated carbocycles. The van der Waals surface area contributed by atoms with Crippen molar-refractivity contribution < 1.29 is 0 Å². The zero-order valence-electron chi connectivity index (χ0n) is 18.0. The van der Waals surface area contributed by atoms with Crippen LogP contribution < -0.4 is 0 Å². The Morgan fingerprint density at radius 2 is 1.00 bits per heavy atom. The lowest BCUT2D eigenvalue weighted by Gasteiger charge is -2.09. The van der Waals surface area contributed by atoms with E-state index < -0.39 is 0 Å². The molecule has 6 rings (SSSR count). The van der Waals surface area contributed by atoms with E-state index in [4.69, 9.17) is 4.98 Å². The fourth-order valence-corrected chi connectivity index (χ4v) is 5.65. The number of hydrogen-bond acceptors (Lipinski definition) is 2. The van der Waals surface area contributed by atoms with Crippen molar-refractivity contribution in [1.82, 2.24) is 4.98 Å². The van der Waals surface area contributed by atoms with Crippen molar-refractivity contribution in [2.75, 3.05) is 0 Å². The summed E-state index contributed by atoms with van der Waals surface area (Å²) < 4.78 is 0. The lowest BCUT2D eigenvalue weighted by molar-refractivity contribution is 1.34. The Kier molecular flexibility index (Phi) is 5.06. The van der Waals surface area contributed by atoms with Gasteiger partial charge in [0.1, 0.15) is 0 Å². The van der Waals surface area contributed by atoms with Crippen molar-refractivity contribution in [1.29, 1.82) is 0 Å². The molecule has 4 aromatic carbocycles. The highest BCUT2D eigenvalue weighted by atomic mass is 32.1. The van der Waals surface area contributed by atoms with Gasteiger partial charge < -0.3 is 0 Å². The van der Waals surface area contributed by atoms with Crippen molar-refractivity contribution in [2.24, 2.45) is 0 Å². The molecule has 0 radical (unpaired) electrons. The highest BCUT2D eigenvalue weighted by Crippen LogP contribution is 2.46. The van der Waals surface area contributed by atoms with Gasteiger partial charge in [0.05, 0.1) is 10.6 Å². The van der Waals surface area contributed by atoms with Crippen LogP contribution in [0.2, 0.25) is 0 Å². The SMILES string of the molecule is c1ccc(-c2ccc(-c3sc(-c4ccccc4-c4ccccc4)c4ccccc34)nc2)cc1. The maximum absolute atomic E-state index is 4.87. The smallest absolute Gasteiger partial charge is 0.0808 e. The fourth-order valence-electron chi connectivity index (χ4n) is 4.36. The molecule has 0 aliphatic rings. The average molecular weight is 440 g/mol. The van der Waals surface area contributed by atoms with Crippen LogP contribution in [0.1, 0.15) is 0 Å². The zero-order chi connectivity index (χ0) is 22.0. The molecule has 0 bridgehead atoms. The van der Waals surface area contributed by atoms with Crippen LogP contribution in [-0.2, 0) is 0 Å². The summed E-state index contributed by atoms with van der Waals surface area (Å²) in [6, 6.07) is 42.7. The summed E-state index contributed by atoms with van der Waals surface area (Å²) in [7, 11) is 0. The van der Waals surface area contributed by atoms with Crippen LogP contribution in [0.4, 0.5) is 0 Å². The van der Waals surface area contributed by atoms with Crippen LogP contribution in [0.3, 0.4) is 0 Å². The van der Waals surface area contributed by atoms with Gasteiger partial charge in [-0.05, 0) is 22.8 Å². The van der Waals surface area contributed by atoms with Crippen LogP contribution >= 0.6 is 11.3 Å². The van der Waals surface area contributed by atoms with E-state index in [0.29, 0.717) is 0 Å². The molecule has 0 aliphatic heterocycles. The lowest BCUT2D eigenvalue weighted by atomic mass is 9.97. The predicted molar refractivity (Wildman–Crippen MR) is 141 cm³/mol. The van der Waals surface area contributed by atoms with Gasteiger partial charge in [-0.1, -0.05) is 115 Å². The summed E-state index contributed by atoms with van der Waals surface area (Å²) in [4.78, 5) is 7.37. The van der Waals surface area contributed by atoms with Gasteiger partial charge in [0.2, 0.25) is 0 Å². The van der Waals surface area contributed by atoms with E-state index in [1.54, 1.807) is 0 Å². The molecule has 0 amide bonds. The molecular formula is C31H21NS. The number of benzene rings is 4. The predicted octanol–water partition coefficient (Wildman–Crippen LogP) is 8.96. The Bertz CT molecular complexity index is 1530. The third-order valence-electron chi connectivity index (χ3n) is 5.98. The van der Waals surface area contributed by atoms with E-state index in [1.807, 2.05) is 23.6 Å². The molecule has 0 N–H and O–H groups in total. The van der Waals surface area contributed by atoms with Crippen LogP contribution in [0.25, 0.3) is 54.0 Å². The second kappa shape index (κ2) is 8.50. The van der Waals surface area contributed by atoms with E-state index in [9.17, 15) is 0 Å². The number of fused-ring (bicyclic) bond motifs is 1. The van der Waals surface area contributed by atoms with Gasteiger partial charge in [-0.15, -0.1) is 11.3 Å². The van der Waals surface area contributed by atoms with E-state index in [-0.39, 0.29) is 0 Å². The molecule has 0 spiro atoms. The quantitative estimate of drug-likeness (QED) is 0.267. The molecule has 1 nitrogen and oxygen atoms in total. The van der Waals surface area contributed by atoms with Crippen LogP contribution in [0.5, 0.6) is 0 Å². The van der Waals surface area contributed by atoms with Crippen LogP contribution in [0.15, 0.2) is 128 Å². The first-order chi connectivity index (χ1) is 16.4. The maximum Gasteiger partial charge on any atom is 0.0808 e. The number of rotatable bonds is 4.